The number of hydrogen-bond acceptors (Lipinski definition) is 3. The molecule has 0 atom stereocenters. The Balaban J connectivity index is 2.53. The van der Waals surface area contributed by atoms with E-state index >= 15 is 0 Å². The smallest absolute Gasteiger partial charge is 0.313 e. The van der Waals surface area contributed by atoms with Crippen LogP contribution in [-0.2, 0) is 4.79 Å². The van der Waals surface area contributed by atoms with E-state index in [-0.39, 0.29) is 5.75 Å². The van der Waals surface area contributed by atoms with Crippen LogP contribution in [0.4, 0.5) is 5.69 Å². The standard InChI is InChI=1S/C8H9NO2S/c9-6-1-3-7(4-2-6)12-5-8(10)11/h1-4H,5,9H2,(H,10,11). The number of anilines is 1. The molecule has 4 heteroatoms. The third-order valence-corrected chi connectivity index (χ3v) is 2.24. The van der Waals surface area contributed by atoms with Gasteiger partial charge in [-0.1, -0.05) is 0 Å². The van der Waals surface area contributed by atoms with Gasteiger partial charge in [-0.05, 0) is 24.3 Å². The van der Waals surface area contributed by atoms with Gasteiger partial charge in [0.15, 0.2) is 0 Å². The van der Waals surface area contributed by atoms with E-state index < -0.39 is 5.97 Å². The molecule has 0 unspecified atom stereocenters. The largest absolute Gasteiger partial charge is 0.481 e. The van der Waals surface area contributed by atoms with E-state index in [9.17, 15) is 4.79 Å². The maximum absolute atomic E-state index is 10.2. The summed E-state index contributed by atoms with van der Waals surface area (Å²) < 4.78 is 0. The highest BCUT2D eigenvalue weighted by Crippen LogP contribution is 2.18. The molecule has 0 radical (unpaired) electrons. The molecule has 0 bridgehead atoms. The van der Waals surface area contributed by atoms with E-state index in [0.717, 1.165) is 4.90 Å². The molecule has 0 fully saturated rings. The van der Waals surface area contributed by atoms with Crippen molar-refractivity contribution in [2.45, 2.75) is 4.90 Å². The molecule has 3 N–H and O–H groups in total. The van der Waals surface area contributed by atoms with Crippen LogP contribution < -0.4 is 5.73 Å². The molecule has 1 rings (SSSR count). The number of carboxylic acid groups (broad SMARTS) is 1. The minimum atomic E-state index is -0.808. The number of carbonyl (C=O) groups is 1. The van der Waals surface area contributed by atoms with Gasteiger partial charge >= 0.3 is 5.97 Å². The second-order valence-electron chi connectivity index (χ2n) is 2.25. The van der Waals surface area contributed by atoms with Gasteiger partial charge in [0, 0.05) is 10.6 Å². The highest BCUT2D eigenvalue weighted by molar-refractivity contribution is 8.00. The average Bonchev–Trinajstić information content (AvgIpc) is 2.03. The van der Waals surface area contributed by atoms with E-state index in [1.54, 1.807) is 12.1 Å². The SMILES string of the molecule is Nc1ccc(SCC(=O)O)cc1. The molecular formula is C8H9NO2S. The predicted octanol–water partition coefficient (Wildman–Crippen LogP) is 1.45. The number of benzene rings is 1. The number of nitrogen functional groups attached to an aromatic ring is 1. The topological polar surface area (TPSA) is 63.3 Å². The zero-order valence-electron chi connectivity index (χ0n) is 6.36. The monoisotopic (exact) mass is 183 g/mol. The first kappa shape index (κ1) is 8.93. The molecule has 0 spiro atoms. The van der Waals surface area contributed by atoms with Crippen molar-refractivity contribution in [3.8, 4) is 0 Å². The normalized spacial score (nSPS) is 9.67. The van der Waals surface area contributed by atoms with Crippen molar-refractivity contribution in [3.05, 3.63) is 24.3 Å². The van der Waals surface area contributed by atoms with E-state index in [1.165, 1.54) is 11.8 Å². The molecule has 0 aliphatic heterocycles. The van der Waals surface area contributed by atoms with Gasteiger partial charge in [0.25, 0.3) is 0 Å². The van der Waals surface area contributed by atoms with Gasteiger partial charge < -0.3 is 10.8 Å². The van der Waals surface area contributed by atoms with E-state index in [1.807, 2.05) is 12.1 Å². The number of hydrogen-bond donors (Lipinski definition) is 2. The number of nitrogens with two attached hydrogens (primary N) is 1. The molecule has 0 saturated heterocycles. The minimum Gasteiger partial charge on any atom is -0.481 e. The molecule has 0 amide bonds. The Labute approximate surface area is 74.6 Å². The van der Waals surface area contributed by atoms with Crippen LogP contribution in [0.3, 0.4) is 0 Å². The minimum absolute atomic E-state index is 0.0872. The van der Waals surface area contributed by atoms with Gasteiger partial charge in [-0.15, -0.1) is 11.8 Å². The summed E-state index contributed by atoms with van der Waals surface area (Å²) in [6, 6.07) is 7.13. The summed E-state index contributed by atoms with van der Waals surface area (Å²) in [5.41, 5.74) is 6.15. The average molecular weight is 183 g/mol. The van der Waals surface area contributed by atoms with Crippen LogP contribution in [0.1, 0.15) is 0 Å². The van der Waals surface area contributed by atoms with Crippen molar-refractivity contribution in [2.24, 2.45) is 0 Å². The van der Waals surface area contributed by atoms with Crippen LogP contribution in [0.15, 0.2) is 29.2 Å². The predicted molar refractivity (Wildman–Crippen MR) is 49.2 cm³/mol. The quantitative estimate of drug-likeness (QED) is 0.550. The molecule has 12 heavy (non-hydrogen) atoms. The van der Waals surface area contributed by atoms with E-state index in [0.29, 0.717) is 5.69 Å². The molecule has 1 aromatic rings. The fraction of sp³-hybridized carbons (Fsp3) is 0.125. The second-order valence-corrected chi connectivity index (χ2v) is 3.30. The lowest BCUT2D eigenvalue weighted by atomic mass is 10.3. The summed E-state index contributed by atoms with van der Waals surface area (Å²) >= 11 is 1.28. The first-order chi connectivity index (χ1) is 5.68. The van der Waals surface area contributed by atoms with Crippen molar-refractivity contribution in [1.82, 2.24) is 0 Å². The van der Waals surface area contributed by atoms with Crippen molar-refractivity contribution < 1.29 is 9.90 Å². The van der Waals surface area contributed by atoms with Crippen LogP contribution in [0.5, 0.6) is 0 Å². The number of carboxylic acids is 1. The third-order valence-electron chi connectivity index (χ3n) is 1.24. The zero-order valence-corrected chi connectivity index (χ0v) is 7.17. The summed E-state index contributed by atoms with van der Waals surface area (Å²) in [6.07, 6.45) is 0. The fourth-order valence-corrected chi connectivity index (χ4v) is 1.33. The maximum Gasteiger partial charge on any atom is 0.313 e. The van der Waals surface area contributed by atoms with E-state index in [4.69, 9.17) is 10.8 Å². The maximum atomic E-state index is 10.2. The van der Waals surface area contributed by atoms with Crippen molar-refractivity contribution in [2.75, 3.05) is 11.5 Å². The molecular weight excluding hydrogens is 174 g/mol. The lowest BCUT2D eigenvalue weighted by molar-refractivity contribution is -0.133. The highest BCUT2D eigenvalue weighted by atomic mass is 32.2. The number of thioether (sulfide) groups is 1. The van der Waals surface area contributed by atoms with Crippen LogP contribution in [0.2, 0.25) is 0 Å². The van der Waals surface area contributed by atoms with Crippen molar-refractivity contribution in [1.29, 1.82) is 0 Å². The Hall–Kier alpha value is -1.16. The molecule has 3 nitrogen and oxygen atoms in total. The first-order valence-electron chi connectivity index (χ1n) is 3.38. The van der Waals surface area contributed by atoms with Crippen molar-refractivity contribution >= 4 is 23.4 Å². The summed E-state index contributed by atoms with van der Waals surface area (Å²) in [4.78, 5) is 11.1. The van der Waals surface area contributed by atoms with E-state index in [2.05, 4.69) is 0 Å². The van der Waals surface area contributed by atoms with Gasteiger partial charge in [0.05, 0.1) is 5.75 Å². The Morgan fingerprint density at radius 3 is 2.50 bits per heavy atom. The summed E-state index contributed by atoms with van der Waals surface area (Å²) in [7, 11) is 0. The van der Waals surface area contributed by atoms with Gasteiger partial charge in [-0.2, -0.15) is 0 Å². The van der Waals surface area contributed by atoms with Crippen molar-refractivity contribution in [3.63, 3.8) is 0 Å². The fourth-order valence-electron chi connectivity index (χ4n) is 0.709. The zero-order chi connectivity index (χ0) is 8.97. The lowest BCUT2D eigenvalue weighted by Gasteiger charge is -1.97. The highest BCUT2D eigenvalue weighted by Gasteiger charge is 1.98. The van der Waals surface area contributed by atoms with Crippen LogP contribution in [0.25, 0.3) is 0 Å². The molecule has 0 aliphatic carbocycles. The second kappa shape index (κ2) is 4.01. The van der Waals surface area contributed by atoms with Crippen LogP contribution in [0, 0.1) is 0 Å². The molecule has 0 aliphatic rings. The molecule has 0 saturated carbocycles. The molecule has 0 aromatic heterocycles. The Bertz CT molecular complexity index is 271. The van der Waals surface area contributed by atoms with Gasteiger partial charge in [-0.25, -0.2) is 0 Å². The van der Waals surface area contributed by atoms with Gasteiger partial charge in [0.1, 0.15) is 0 Å². The Morgan fingerprint density at radius 1 is 1.42 bits per heavy atom. The summed E-state index contributed by atoms with van der Waals surface area (Å²) in [5.74, 6) is -0.721. The molecule has 1 aromatic carbocycles. The Morgan fingerprint density at radius 2 is 2.00 bits per heavy atom. The lowest BCUT2D eigenvalue weighted by Crippen LogP contribution is -1.97. The van der Waals surface area contributed by atoms with Crippen LogP contribution in [-0.4, -0.2) is 16.8 Å². The molecule has 0 heterocycles. The number of rotatable bonds is 3. The summed E-state index contributed by atoms with van der Waals surface area (Å²) in [5, 5.41) is 8.38. The van der Waals surface area contributed by atoms with Gasteiger partial charge in [-0.3, -0.25) is 4.79 Å². The molecule has 64 valence electrons. The summed E-state index contributed by atoms with van der Waals surface area (Å²) in [6.45, 7) is 0. The Kier molecular flexibility index (Phi) is 2.99. The number of aliphatic carboxylic acids is 1. The third kappa shape index (κ3) is 2.84. The first-order valence-corrected chi connectivity index (χ1v) is 4.37. The van der Waals surface area contributed by atoms with Crippen LogP contribution >= 0.6 is 11.8 Å². The van der Waals surface area contributed by atoms with Gasteiger partial charge in [0.2, 0.25) is 0 Å².